The molecule has 2 atom stereocenters. The molecule has 1 heterocycles. The lowest BCUT2D eigenvalue weighted by molar-refractivity contribution is -0.141. The zero-order chi connectivity index (χ0) is 15.0. The number of benzene rings is 1. The summed E-state index contributed by atoms with van der Waals surface area (Å²) >= 11 is 0. The van der Waals surface area contributed by atoms with Gasteiger partial charge in [0, 0.05) is 13.0 Å². The molecule has 5 nitrogen and oxygen atoms in total. The van der Waals surface area contributed by atoms with Crippen molar-refractivity contribution in [1.29, 1.82) is 0 Å². The van der Waals surface area contributed by atoms with Gasteiger partial charge in [-0.15, -0.1) is 0 Å². The first kappa shape index (κ1) is 14.3. The molecule has 2 rings (SSSR count). The molecule has 0 saturated carbocycles. The van der Waals surface area contributed by atoms with Gasteiger partial charge in [-0.25, -0.2) is 18.0 Å². The van der Waals surface area contributed by atoms with Crippen molar-refractivity contribution < 1.29 is 33.0 Å². The number of aliphatic hydroxyl groups is 1. The average molecular weight is 289 g/mol. The van der Waals surface area contributed by atoms with Crippen LogP contribution < -0.4 is 0 Å². The monoisotopic (exact) mass is 289 g/mol. The number of aliphatic carboxylic acids is 1. The van der Waals surface area contributed by atoms with Crippen molar-refractivity contribution in [2.24, 2.45) is 0 Å². The van der Waals surface area contributed by atoms with Crippen LogP contribution in [-0.2, 0) is 4.79 Å². The van der Waals surface area contributed by atoms with Gasteiger partial charge < -0.3 is 15.1 Å². The summed E-state index contributed by atoms with van der Waals surface area (Å²) < 4.78 is 39.4. The first-order chi connectivity index (χ1) is 9.32. The number of rotatable bonds is 2. The Bertz CT molecular complexity index is 578. The summed E-state index contributed by atoms with van der Waals surface area (Å²) in [5.41, 5.74) is -0.774. The number of hydrogen-bond acceptors (Lipinski definition) is 3. The fourth-order valence-electron chi connectivity index (χ4n) is 2.12. The van der Waals surface area contributed by atoms with Gasteiger partial charge in [-0.1, -0.05) is 0 Å². The van der Waals surface area contributed by atoms with Crippen molar-refractivity contribution in [3.63, 3.8) is 0 Å². The molecular weight excluding hydrogens is 279 g/mol. The van der Waals surface area contributed by atoms with E-state index in [1.54, 1.807) is 0 Å². The minimum atomic E-state index is -1.80. The fraction of sp³-hybridized carbons (Fsp3) is 0.333. The number of halogens is 3. The Morgan fingerprint density at radius 2 is 1.85 bits per heavy atom. The van der Waals surface area contributed by atoms with Crippen molar-refractivity contribution in [3.8, 4) is 0 Å². The predicted octanol–water partition coefficient (Wildman–Crippen LogP) is 0.764. The summed E-state index contributed by atoms with van der Waals surface area (Å²) in [6.45, 7) is -0.311. The van der Waals surface area contributed by atoms with Gasteiger partial charge in [0.05, 0.1) is 11.7 Å². The van der Waals surface area contributed by atoms with E-state index >= 15 is 0 Å². The van der Waals surface area contributed by atoms with Gasteiger partial charge in [-0.05, 0) is 12.1 Å². The molecule has 0 aliphatic carbocycles. The number of carbonyl (C=O) groups excluding carboxylic acids is 1. The summed E-state index contributed by atoms with van der Waals surface area (Å²) in [6.07, 6.45) is -1.26. The van der Waals surface area contributed by atoms with Crippen LogP contribution in [0.3, 0.4) is 0 Å². The van der Waals surface area contributed by atoms with Gasteiger partial charge in [0.25, 0.3) is 5.91 Å². The number of β-amino-alcohol motifs (C(OH)–C–C–N with tert-alkyl or cyclic N) is 1. The van der Waals surface area contributed by atoms with Crippen LogP contribution in [0.2, 0.25) is 0 Å². The number of likely N-dealkylation sites (tertiary alicyclic amines) is 1. The van der Waals surface area contributed by atoms with Crippen LogP contribution >= 0.6 is 0 Å². The number of amides is 1. The van der Waals surface area contributed by atoms with Crippen molar-refractivity contribution in [2.45, 2.75) is 18.6 Å². The molecular formula is C12H10F3NO4. The lowest BCUT2D eigenvalue weighted by atomic mass is 10.1. The highest BCUT2D eigenvalue weighted by Crippen LogP contribution is 2.23. The third-order valence-electron chi connectivity index (χ3n) is 3.09. The van der Waals surface area contributed by atoms with Crippen LogP contribution in [0.1, 0.15) is 16.8 Å². The summed E-state index contributed by atoms with van der Waals surface area (Å²) in [5.74, 6) is -7.40. The molecule has 1 aromatic rings. The highest BCUT2D eigenvalue weighted by Gasteiger charge is 2.40. The summed E-state index contributed by atoms with van der Waals surface area (Å²) in [7, 11) is 0. The predicted molar refractivity (Wildman–Crippen MR) is 59.4 cm³/mol. The quantitative estimate of drug-likeness (QED) is 0.788. The maximum absolute atomic E-state index is 13.5. The zero-order valence-corrected chi connectivity index (χ0v) is 10.0. The second-order valence-corrected chi connectivity index (χ2v) is 4.42. The number of carboxylic acid groups (broad SMARTS) is 1. The van der Waals surface area contributed by atoms with Crippen molar-refractivity contribution in [3.05, 3.63) is 35.1 Å². The molecule has 0 aromatic heterocycles. The Hall–Kier alpha value is -2.09. The first-order valence-electron chi connectivity index (χ1n) is 5.68. The molecule has 0 unspecified atom stereocenters. The van der Waals surface area contributed by atoms with Crippen LogP contribution in [0, 0.1) is 17.5 Å². The average Bonchev–Trinajstić information content (AvgIpc) is 2.78. The van der Waals surface area contributed by atoms with E-state index in [2.05, 4.69) is 0 Å². The lowest BCUT2D eigenvalue weighted by Gasteiger charge is -2.21. The molecule has 1 saturated heterocycles. The van der Waals surface area contributed by atoms with E-state index in [9.17, 15) is 27.9 Å². The smallest absolute Gasteiger partial charge is 0.326 e. The van der Waals surface area contributed by atoms with Gasteiger partial charge in [0.2, 0.25) is 0 Å². The summed E-state index contributed by atoms with van der Waals surface area (Å²) in [5, 5.41) is 18.3. The summed E-state index contributed by atoms with van der Waals surface area (Å²) in [6, 6.07) is -0.0156. The number of carboxylic acids is 1. The fourth-order valence-corrected chi connectivity index (χ4v) is 2.12. The maximum Gasteiger partial charge on any atom is 0.326 e. The SMILES string of the molecule is O=C(O)[C@H]1C[C@@H](O)CN1C(=O)c1ccc(F)c(F)c1F. The molecule has 0 bridgehead atoms. The van der Waals surface area contributed by atoms with Crippen LogP contribution in [0.4, 0.5) is 13.2 Å². The Morgan fingerprint density at radius 3 is 2.45 bits per heavy atom. The minimum absolute atomic E-state index is 0.202. The van der Waals surface area contributed by atoms with Gasteiger partial charge in [0.15, 0.2) is 17.5 Å². The first-order valence-corrected chi connectivity index (χ1v) is 5.68. The van der Waals surface area contributed by atoms with Crippen LogP contribution in [0.5, 0.6) is 0 Å². The minimum Gasteiger partial charge on any atom is -0.480 e. The van der Waals surface area contributed by atoms with E-state index in [1.165, 1.54) is 0 Å². The van der Waals surface area contributed by atoms with Crippen molar-refractivity contribution in [2.75, 3.05) is 6.54 Å². The molecule has 2 N–H and O–H groups in total. The molecule has 1 fully saturated rings. The molecule has 0 radical (unpaired) electrons. The lowest BCUT2D eigenvalue weighted by Crippen LogP contribution is -2.41. The summed E-state index contributed by atoms with van der Waals surface area (Å²) in [4.78, 5) is 23.7. The number of aliphatic hydroxyl groups excluding tert-OH is 1. The Balaban J connectivity index is 2.36. The largest absolute Gasteiger partial charge is 0.480 e. The molecule has 0 spiro atoms. The Labute approximate surface area is 111 Å². The third-order valence-corrected chi connectivity index (χ3v) is 3.09. The second kappa shape index (κ2) is 5.12. The normalized spacial score (nSPS) is 22.1. The highest BCUT2D eigenvalue weighted by molar-refractivity contribution is 5.97. The van der Waals surface area contributed by atoms with Gasteiger partial charge >= 0.3 is 5.97 Å². The van der Waals surface area contributed by atoms with Crippen LogP contribution in [0.25, 0.3) is 0 Å². The number of nitrogens with zero attached hydrogens (tertiary/aromatic N) is 1. The van der Waals surface area contributed by atoms with Gasteiger partial charge in [-0.3, -0.25) is 4.79 Å². The molecule has 1 amide bonds. The van der Waals surface area contributed by atoms with Crippen LogP contribution in [0.15, 0.2) is 12.1 Å². The third kappa shape index (κ3) is 2.34. The van der Waals surface area contributed by atoms with E-state index in [4.69, 9.17) is 5.11 Å². The molecule has 8 heteroatoms. The Morgan fingerprint density at radius 1 is 1.20 bits per heavy atom. The topological polar surface area (TPSA) is 77.8 Å². The number of hydrogen-bond donors (Lipinski definition) is 2. The van der Waals surface area contributed by atoms with E-state index in [0.717, 1.165) is 11.0 Å². The van der Waals surface area contributed by atoms with E-state index in [1.807, 2.05) is 0 Å². The molecule has 1 aromatic carbocycles. The maximum atomic E-state index is 13.5. The van der Waals surface area contributed by atoms with E-state index in [0.29, 0.717) is 6.07 Å². The van der Waals surface area contributed by atoms with Crippen molar-refractivity contribution in [1.82, 2.24) is 4.90 Å². The Kier molecular flexibility index (Phi) is 3.67. The molecule has 20 heavy (non-hydrogen) atoms. The standard InChI is InChI=1S/C12H10F3NO4/c13-7-2-1-6(9(14)10(7)15)11(18)16-4-5(17)3-8(16)12(19)20/h1-2,5,8,17H,3-4H2,(H,19,20)/t5-,8-/m1/s1. The second-order valence-electron chi connectivity index (χ2n) is 4.42. The molecule has 1 aliphatic heterocycles. The van der Waals surface area contributed by atoms with E-state index in [-0.39, 0.29) is 13.0 Å². The molecule has 108 valence electrons. The van der Waals surface area contributed by atoms with Gasteiger partial charge in [-0.2, -0.15) is 0 Å². The van der Waals surface area contributed by atoms with Gasteiger partial charge in [0.1, 0.15) is 6.04 Å². The van der Waals surface area contributed by atoms with E-state index < -0.39 is 47.0 Å². The zero-order valence-electron chi connectivity index (χ0n) is 10.0. The molecule has 1 aliphatic rings. The number of carbonyl (C=O) groups is 2. The van der Waals surface area contributed by atoms with Crippen LogP contribution in [-0.4, -0.2) is 45.7 Å². The van der Waals surface area contributed by atoms with Crippen molar-refractivity contribution >= 4 is 11.9 Å². The highest BCUT2D eigenvalue weighted by atomic mass is 19.2.